The van der Waals surface area contributed by atoms with E-state index in [-0.39, 0.29) is 30.4 Å². The number of hydroxylamine groups is 2. The van der Waals surface area contributed by atoms with Gasteiger partial charge in [0.2, 0.25) is 5.91 Å². The molecule has 4 aliphatic heterocycles. The van der Waals surface area contributed by atoms with Crippen LogP contribution in [0.5, 0.6) is 0 Å². The molecule has 2 saturated heterocycles. The summed E-state index contributed by atoms with van der Waals surface area (Å²) in [4.78, 5) is 44.3. The van der Waals surface area contributed by atoms with Crippen LogP contribution in [0.15, 0.2) is 42.0 Å². The number of benzene rings is 1. The van der Waals surface area contributed by atoms with Crippen LogP contribution >= 0.6 is 0 Å². The number of hydrogen-bond donors (Lipinski definition) is 0. The molecule has 4 atom stereocenters. The summed E-state index contributed by atoms with van der Waals surface area (Å²) in [6.07, 6.45) is -0.297. The lowest BCUT2D eigenvalue weighted by Gasteiger charge is -2.49. The van der Waals surface area contributed by atoms with E-state index in [4.69, 9.17) is 9.57 Å². The van der Waals surface area contributed by atoms with E-state index in [1.165, 1.54) is 15.1 Å². The van der Waals surface area contributed by atoms with Crippen molar-refractivity contribution in [1.29, 1.82) is 0 Å². The maximum absolute atomic E-state index is 13.1. The number of rotatable bonds is 2. The van der Waals surface area contributed by atoms with Gasteiger partial charge < -0.3 is 4.74 Å². The van der Waals surface area contributed by atoms with E-state index in [0.29, 0.717) is 5.56 Å². The lowest BCUT2D eigenvalue weighted by molar-refractivity contribution is -0.187. The largest absolute Gasteiger partial charge is 0.448 e. The van der Waals surface area contributed by atoms with Crippen LogP contribution < -0.4 is 0 Å². The van der Waals surface area contributed by atoms with Gasteiger partial charge in [-0.15, -0.1) is 0 Å². The Labute approximate surface area is 156 Å². The van der Waals surface area contributed by atoms with E-state index in [1.54, 1.807) is 44.2 Å². The van der Waals surface area contributed by atoms with E-state index < -0.39 is 18.4 Å². The molecule has 27 heavy (non-hydrogen) atoms. The summed E-state index contributed by atoms with van der Waals surface area (Å²) in [5.74, 6) is -0.893. The van der Waals surface area contributed by atoms with Crippen molar-refractivity contribution in [2.75, 3.05) is 6.61 Å². The van der Waals surface area contributed by atoms with Crippen LogP contribution in [0.2, 0.25) is 0 Å². The lowest BCUT2D eigenvalue weighted by atomic mass is 9.84. The Balaban J connectivity index is 1.77. The average Bonchev–Trinajstić information content (AvgIpc) is 2.88. The minimum Gasteiger partial charge on any atom is -0.448 e. The fourth-order valence-electron chi connectivity index (χ4n) is 3.83. The number of amides is 3. The van der Waals surface area contributed by atoms with Crippen LogP contribution in [0.25, 0.3) is 0 Å². The number of β-lactam (4-membered cyclic amide) rings is 1. The molecule has 8 nitrogen and oxygen atoms in total. The van der Waals surface area contributed by atoms with Gasteiger partial charge in [0.05, 0.1) is 18.6 Å². The Morgan fingerprint density at radius 2 is 1.93 bits per heavy atom. The Bertz CT molecular complexity index is 824. The molecular weight excluding hydrogens is 350 g/mol. The third kappa shape index (κ3) is 2.51. The zero-order valence-corrected chi connectivity index (χ0v) is 15.4. The minimum atomic E-state index is -0.894. The highest BCUT2D eigenvalue weighted by Crippen LogP contribution is 2.42. The topological polar surface area (TPSA) is 79.4 Å². The number of carbonyl (C=O) groups is 3. The molecule has 0 saturated carbocycles. The number of fused-ring (bicyclic) bond motifs is 1. The molecule has 0 aliphatic carbocycles. The van der Waals surface area contributed by atoms with Crippen molar-refractivity contribution in [3.8, 4) is 0 Å². The molecule has 0 radical (unpaired) electrons. The molecule has 2 fully saturated rings. The highest BCUT2D eigenvalue weighted by Gasteiger charge is 2.61. The highest BCUT2D eigenvalue weighted by atomic mass is 16.7. The molecule has 4 aliphatic rings. The summed E-state index contributed by atoms with van der Waals surface area (Å²) in [5, 5.41) is 3.75. The molecule has 1 aromatic rings. The van der Waals surface area contributed by atoms with E-state index in [2.05, 4.69) is 0 Å². The molecule has 5 rings (SSSR count). The van der Waals surface area contributed by atoms with E-state index >= 15 is 0 Å². The average molecular weight is 371 g/mol. The maximum atomic E-state index is 13.1. The van der Waals surface area contributed by atoms with Gasteiger partial charge in [0, 0.05) is 5.56 Å². The fourth-order valence-corrected chi connectivity index (χ4v) is 3.83. The van der Waals surface area contributed by atoms with Gasteiger partial charge in [-0.1, -0.05) is 25.1 Å². The molecule has 0 aromatic heterocycles. The first kappa shape index (κ1) is 17.5. The summed E-state index contributed by atoms with van der Waals surface area (Å²) in [7, 11) is 0. The second-order valence-electron chi connectivity index (χ2n) is 6.85. The molecule has 2 bridgehead atoms. The van der Waals surface area contributed by atoms with Crippen molar-refractivity contribution in [2.45, 2.75) is 39.1 Å². The molecular formula is C19H21N3O5. The van der Waals surface area contributed by atoms with Crippen LogP contribution in [-0.2, 0) is 14.4 Å². The molecule has 3 amide bonds. The van der Waals surface area contributed by atoms with Crippen molar-refractivity contribution < 1.29 is 24.0 Å². The number of hydrogen-bond acceptors (Lipinski definition) is 5. The van der Waals surface area contributed by atoms with Crippen molar-refractivity contribution in [3.05, 3.63) is 47.5 Å². The van der Waals surface area contributed by atoms with Crippen LogP contribution in [0, 0.1) is 5.92 Å². The van der Waals surface area contributed by atoms with Crippen molar-refractivity contribution in [3.63, 3.8) is 0 Å². The van der Waals surface area contributed by atoms with Crippen LogP contribution in [0.1, 0.15) is 31.1 Å². The third-order valence-electron chi connectivity index (χ3n) is 5.21. The first-order valence-electron chi connectivity index (χ1n) is 8.98. The van der Waals surface area contributed by atoms with Gasteiger partial charge in [0.25, 0.3) is 5.91 Å². The first-order valence-corrected chi connectivity index (χ1v) is 8.98. The SMILES string of the molecule is CCOC(=O)N1[C@H]2C=C(C)[C@@H](ON2C(=O)c2ccccc2)[C@H]2[C@@H](C)C(=O)N21. The molecule has 0 spiro atoms. The van der Waals surface area contributed by atoms with Crippen LogP contribution in [0.3, 0.4) is 0 Å². The smallest absolute Gasteiger partial charge is 0.431 e. The van der Waals surface area contributed by atoms with Gasteiger partial charge in [-0.05, 0) is 37.6 Å². The number of ether oxygens (including phenoxy) is 1. The van der Waals surface area contributed by atoms with Gasteiger partial charge in [-0.3, -0.25) is 14.4 Å². The lowest BCUT2D eigenvalue weighted by Crippen LogP contribution is -2.70. The predicted octanol–water partition coefficient (Wildman–Crippen LogP) is 1.95. The Kier molecular flexibility index (Phi) is 4.15. The van der Waals surface area contributed by atoms with Gasteiger partial charge in [0.15, 0.2) is 6.17 Å². The Hall–Kier alpha value is -2.87. The van der Waals surface area contributed by atoms with Gasteiger partial charge >= 0.3 is 6.09 Å². The van der Waals surface area contributed by atoms with Crippen LogP contribution in [0.4, 0.5) is 4.79 Å². The maximum Gasteiger partial charge on any atom is 0.431 e. The normalized spacial score (nSPS) is 28.9. The number of carbonyl (C=O) groups excluding carboxylic acids is 3. The van der Waals surface area contributed by atoms with E-state index in [1.807, 2.05) is 13.0 Å². The second-order valence-corrected chi connectivity index (χ2v) is 6.85. The minimum absolute atomic E-state index is 0.157. The summed E-state index contributed by atoms with van der Waals surface area (Å²) >= 11 is 0. The molecule has 1 aromatic carbocycles. The Morgan fingerprint density at radius 3 is 2.59 bits per heavy atom. The molecule has 142 valence electrons. The fraction of sp³-hybridized carbons (Fsp3) is 0.421. The summed E-state index contributed by atoms with van der Waals surface area (Å²) in [6.45, 7) is 5.52. The molecule has 0 unspecified atom stereocenters. The quantitative estimate of drug-likeness (QED) is 0.586. The number of nitrogens with zero attached hydrogens (tertiary/aromatic N) is 3. The monoisotopic (exact) mass is 371 g/mol. The second kappa shape index (κ2) is 6.38. The van der Waals surface area contributed by atoms with Crippen molar-refractivity contribution in [2.24, 2.45) is 5.92 Å². The van der Waals surface area contributed by atoms with Gasteiger partial charge in [0.1, 0.15) is 6.10 Å². The molecule has 8 heteroatoms. The number of hydrazine groups is 1. The summed E-state index contributed by atoms with van der Waals surface area (Å²) < 4.78 is 5.16. The standard InChI is InChI=1S/C19H21N3O5/c1-4-26-19(25)20-14-10-11(2)16(15-12(3)17(23)21(15)20)27-22(14)18(24)13-8-6-5-7-9-13/h5-10,12,14-16H,4H2,1-3H3/t12-,14-,15-,16-/m1/s1. The molecule has 0 N–H and O–H groups in total. The highest BCUT2D eigenvalue weighted by molar-refractivity contribution is 5.94. The van der Waals surface area contributed by atoms with Crippen molar-refractivity contribution in [1.82, 2.24) is 15.1 Å². The zero-order chi connectivity index (χ0) is 19.3. The Morgan fingerprint density at radius 1 is 1.22 bits per heavy atom. The third-order valence-corrected chi connectivity index (χ3v) is 5.21. The zero-order valence-electron chi connectivity index (χ0n) is 15.4. The van der Waals surface area contributed by atoms with Gasteiger partial charge in [-0.2, -0.15) is 10.1 Å². The summed E-state index contributed by atoms with van der Waals surface area (Å²) in [5.41, 5.74) is 1.31. The molecule has 4 heterocycles. The van der Waals surface area contributed by atoms with E-state index in [0.717, 1.165) is 5.57 Å². The predicted molar refractivity (Wildman–Crippen MR) is 93.7 cm³/mol. The van der Waals surface area contributed by atoms with E-state index in [9.17, 15) is 14.4 Å². The van der Waals surface area contributed by atoms with Crippen molar-refractivity contribution >= 4 is 17.9 Å². The summed E-state index contributed by atoms with van der Waals surface area (Å²) in [6, 6.07) is 8.32. The van der Waals surface area contributed by atoms with Crippen LogP contribution in [-0.4, -0.2) is 57.9 Å². The van der Waals surface area contributed by atoms with Gasteiger partial charge in [-0.25, -0.2) is 9.80 Å². The first-order chi connectivity index (χ1) is 13.0.